The SMILES string of the molecule is COc1cc(/C=N\NC(=O)CSc2nc3ccccc3o2)cc(Br)c1OCc1ccccc1F. The van der Waals surface area contributed by atoms with E-state index >= 15 is 0 Å². The Morgan fingerprint density at radius 3 is 2.82 bits per heavy atom. The summed E-state index contributed by atoms with van der Waals surface area (Å²) in [5.74, 6) is 0.317. The van der Waals surface area contributed by atoms with Crippen molar-refractivity contribution < 1.29 is 23.1 Å². The second kappa shape index (κ2) is 11.2. The summed E-state index contributed by atoms with van der Waals surface area (Å²) in [5.41, 5.74) is 4.97. The topological polar surface area (TPSA) is 86.0 Å². The molecule has 0 aliphatic rings. The van der Waals surface area contributed by atoms with Crippen LogP contribution in [0.1, 0.15) is 11.1 Å². The van der Waals surface area contributed by atoms with E-state index in [1.54, 1.807) is 30.3 Å². The maximum Gasteiger partial charge on any atom is 0.257 e. The molecule has 0 aliphatic carbocycles. The highest BCUT2D eigenvalue weighted by molar-refractivity contribution is 9.10. The van der Waals surface area contributed by atoms with E-state index in [4.69, 9.17) is 13.9 Å². The minimum atomic E-state index is -0.341. The molecule has 1 aromatic heterocycles. The lowest BCUT2D eigenvalue weighted by Crippen LogP contribution is -2.19. The summed E-state index contributed by atoms with van der Waals surface area (Å²) < 4.78 is 31.2. The van der Waals surface area contributed by atoms with Crippen LogP contribution in [-0.4, -0.2) is 30.0 Å². The van der Waals surface area contributed by atoms with Gasteiger partial charge < -0.3 is 13.9 Å². The zero-order valence-electron chi connectivity index (χ0n) is 18.0. The lowest BCUT2D eigenvalue weighted by Gasteiger charge is -2.14. The van der Waals surface area contributed by atoms with Crippen LogP contribution in [0.25, 0.3) is 11.1 Å². The van der Waals surface area contributed by atoms with E-state index in [0.29, 0.717) is 37.9 Å². The average molecular weight is 544 g/mol. The van der Waals surface area contributed by atoms with E-state index in [-0.39, 0.29) is 24.1 Å². The number of benzene rings is 3. The highest BCUT2D eigenvalue weighted by Gasteiger charge is 2.13. The largest absolute Gasteiger partial charge is 0.493 e. The first-order chi connectivity index (χ1) is 16.5. The summed E-state index contributed by atoms with van der Waals surface area (Å²) >= 11 is 4.63. The number of hydrazone groups is 1. The molecule has 174 valence electrons. The molecule has 0 unspecified atom stereocenters. The van der Waals surface area contributed by atoms with Crippen molar-refractivity contribution in [2.24, 2.45) is 5.10 Å². The number of nitrogens with one attached hydrogen (secondary N) is 1. The average Bonchev–Trinajstić information content (AvgIpc) is 3.26. The predicted molar refractivity (Wildman–Crippen MR) is 132 cm³/mol. The van der Waals surface area contributed by atoms with Crippen LogP contribution in [0.3, 0.4) is 0 Å². The Morgan fingerprint density at radius 2 is 2.03 bits per heavy atom. The highest BCUT2D eigenvalue weighted by Crippen LogP contribution is 2.37. The second-order valence-electron chi connectivity index (χ2n) is 6.94. The van der Waals surface area contributed by atoms with Gasteiger partial charge in [-0.15, -0.1) is 0 Å². The van der Waals surface area contributed by atoms with Gasteiger partial charge in [0, 0.05) is 5.56 Å². The van der Waals surface area contributed by atoms with Crippen LogP contribution in [-0.2, 0) is 11.4 Å². The van der Waals surface area contributed by atoms with Crippen molar-refractivity contribution in [3.8, 4) is 11.5 Å². The van der Waals surface area contributed by atoms with Crippen molar-refractivity contribution in [3.05, 3.63) is 82.1 Å². The number of methoxy groups -OCH3 is 1. The number of aromatic nitrogens is 1. The minimum Gasteiger partial charge on any atom is -0.493 e. The zero-order valence-corrected chi connectivity index (χ0v) is 20.4. The van der Waals surface area contributed by atoms with Crippen LogP contribution in [0.5, 0.6) is 11.5 Å². The number of ether oxygens (including phenoxy) is 2. The number of halogens is 2. The van der Waals surface area contributed by atoms with Gasteiger partial charge in [0.15, 0.2) is 17.1 Å². The lowest BCUT2D eigenvalue weighted by atomic mass is 10.2. The van der Waals surface area contributed by atoms with Crippen molar-refractivity contribution in [3.63, 3.8) is 0 Å². The molecule has 0 saturated carbocycles. The molecule has 7 nitrogen and oxygen atoms in total. The number of fused-ring (bicyclic) bond motifs is 1. The van der Waals surface area contributed by atoms with Gasteiger partial charge in [0.2, 0.25) is 0 Å². The van der Waals surface area contributed by atoms with Crippen LogP contribution in [0, 0.1) is 5.82 Å². The molecule has 1 heterocycles. The maximum absolute atomic E-state index is 13.9. The van der Waals surface area contributed by atoms with Crippen LogP contribution < -0.4 is 14.9 Å². The molecule has 1 N–H and O–H groups in total. The van der Waals surface area contributed by atoms with Gasteiger partial charge >= 0.3 is 0 Å². The Bertz CT molecular complexity index is 1310. The summed E-state index contributed by atoms with van der Waals surface area (Å²) in [6.07, 6.45) is 1.48. The van der Waals surface area contributed by atoms with E-state index in [9.17, 15) is 9.18 Å². The highest BCUT2D eigenvalue weighted by atomic mass is 79.9. The molecule has 0 atom stereocenters. The minimum absolute atomic E-state index is 0.0445. The summed E-state index contributed by atoms with van der Waals surface area (Å²) in [4.78, 5) is 16.4. The molecule has 4 aromatic rings. The van der Waals surface area contributed by atoms with Crippen LogP contribution >= 0.6 is 27.7 Å². The molecular formula is C24H19BrFN3O4S. The molecule has 0 fully saturated rings. The predicted octanol–water partition coefficient (Wildman–Crippen LogP) is 5.56. The Hall–Kier alpha value is -3.37. The molecule has 10 heteroatoms. The molecule has 0 saturated heterocycles. The molecule has 34 heavy (non-hydrogen) atoms. The third-order valence-electron chi connectivity index (χ3n) is 4.59. The third kappa shape index (κ3) is 5.95. The number of hydrogen-bond donors (Lipinski definition) is 1. The van der Waals surface area contributed by atoms with Crippen molar-refractivity contribution >= 4 is 50.9 Å². The number of carbonyl (C=O) groups is 1. The van der Waals surface area contributed by atoms with E-state index in [0.717, 1.165) is 5.52 Å². The Labute approximate surface area is 207 Å². The van der Waals surface area contributed by atoms with Gasteiger partial charge in [0.25, 0.3) is 11.1 Å². The summed E-state index contributed by atoms with van der Waals surface area (Å²) in [6, 6.07) is 17.2. The quantitative estimate of drug-likeness (QED) is 0.169. The van der Waals surface area contributed by atoms with Gasteiger partial charge in [-0.1, -0.05) is 42.1 Å². The number of thioether (sulfide) groups is 1. The number of hydrogen-bond acceptors (Lipinski definition) is 7. The molecular weight excluding hydrogens is 525 g/mol. The Morgan fingerprint density at radius 1 is 1.24 bits per heavy atom. The van der Waals surface area contributed by atoms with Crippen LogP contribution in [0.4, 0.5) is 4.39 Å². The fourth-order valence-electron chi connectivity index (χ4n) is 2.97. The van der Waals surface area contributed by atoms with E-state index in [1.807, 2.05) is 24.3 Å². The number of oxazole rings is 1. The first kappa shape index (κ1) is 23.8. The number of rotatable bonds is 9. The van der Waals surface area contributed by atoms with Crippen LogP contribution in [0.15, 0.2) is 79.9 Å². The van der Waals surface area contributed by atoms with E-state index in [1.165, 1.54) is 31.2 Å². The van der Waals surface area contributed by atoms with Gasteiger partial charge in [-0.3, -0.25) is 4.79 Å². The first-order valence-corrected chi connectivity index (χ1v) is 11.9. The number of amides is 1. The molecule has 0 radical (unpaired) electrons. The summed E-state index contributed by atoms with van der Waals surface area (Å²) in [5, 5.41) is 4.41. The Kier molecular flexibility index (Phi) is 7.81. The van der Waals surface area contributed by atoms with Crippen molar-refractivity contribution in [1.29, 1.82) is 0 Å². The van der Waals surface area contributed by atoms with Gasteiger partial charge in [-0.05, 0) is 51.8 Å². The zero-order chi connectivity index (χ0) is 23.9. The first-order valence-electron chi connectivity index (χ1n) is 10.1. The monoisotopic (exact) mass is 543 g/mol. The van der Waals surface area contributed by atoms with Crippen molar-refractivity contribution in [1.82, 2.24) is 10.4 Å². The third-order valence-corrected chi connectivity index (χ3v) is 6.00. The molecule has 0 aliphatic heterocycles. The Balaban J connectivity index is 1.34. The van der Waals surface area contributed by atoms with Gasteiger partial charge in [0.05, 0.1) is 23.5 Å². The normalized spacial score (nSPS) is 11.1. The number of para-hydroxylation sites is 2. The summed E-state index contributed by atoms with van der Waals surface area (Å²) in [6.45, 7) is 0.0445. The van der Waals surface area contributed by atoms with Crippen LogP contribution in [0.2, 0.25) is 0 Å². The van der Waals surface area contributed by atoms with Gasteiger partial charge in [0.1, 0.15) is 17.9 Å². The molecule has 0 spiro atoms. The molecule has 4 rings (SSSR count). The summed E-state index contributed by atoms with van der Waals surface area (Å²) in [7, 11) is 1.50. The molecule has 0 bridgehead atoms. The second-order valence-corrected chi connectivity index (χ2v) is 8.72. The number of carbonyl (C=O) groups excluding carboxylic acids is 1. The van der Waals surface area contributed by atoms with E-state index in [2.05, 4.69) is 31.4 Å². The smallest absolute Gasteiger partial charge is 0.257 e. The van der Waals surface area contributed by atoms with Gasteiger partial charge in [-0.25, -0.2) is 14.8 Å². The fourth-order valence-corrected chi connectivity index (χ4v) is 4.18. The van der Waals surface area contributed by atoms with Gasteiger partial charge in [-0.2, -0.15) is 5.10 Å². The standard InChI is InChI=1S/C24H19BrFN3O4S/c1-31-21-11-15(10-17(25)23(21)32-13-16-6-2-3-7-18(16)26)12-27-29-22(30)14-34-24-28-19-8-4-5-9-20(19)33-24/h2-12H,13-14H2,1H3,(H,29,30)/b27-12-. The number of nitrogens with zero attached hydrogens (tertiary/aromatic N) is 2. The maximum atomic E-state index is 13.9. The van der Waals surface area contributed by atoms with Crippen molar-refractivity contribution in [2.45, 2.75) is 11.8 Å². The van der Waals surface area contributed by atoms with E-state index < -0.39 is 0 Å². The molecule has 3 aromatic carbocycles. The molecule has 1 amide bonds. The lowest BCUT2D eigenvalue weighted by molar-refractivity contribution is -0.118. The van der Waals surface area contributed by atoms with Crippen molar-refractivity contribution in [2.75, 3.05) is 12.9 Å². The fraction of sp³-hybridized carbons (Fsp3) is 0.125.